The number of nitrogens with one attached hydrogen (secondary N) is 2. The fraction of sp³-hybridized carbons (Fsp3) is 0.650. The molecule has 6 nitrogen and oxygen atoms in total. The van der Waals surface area contributed by atoms with Gasteiger partial charge in [-0.25, -0.2) is 0 Å². The van der Waals surface area contributed by atoms with Crippen LogP contribution < -0.4 is 20.1 Å². The highest BCUT2D eigenvalue weighted by Crippen LogP contribution is 2.28. The Bertz CT molecular complexity index is 598. The number of carbonyl (C=O) groups excluding carboxylic acids is 1. The number of hydrogen-bond acceptors (Lipinski definition) is 5. The average molecular weight is 361 g/mol. The third kappa shape index (κ3) is 4.23. The summed E-state index contributed by atoms with van der Waals surface area (Å²) >= 11 is 0. The summed E-state index contributed by atoms with van der Waals surface area (Å²) < 4.78 is 10.7. The Balaban J connectivity index is 1.56. The zero-order valence-corrected chi connectivity index (χ0v) is 16.1. The lowest BCUT2D eigenvalue weighted by atomic mass is 9.88. The first-order valence-electron chi connectivity index (χ1n) is 9.58. The van der Waals surface area contributed by atoms with E-state index in [1.807, 2.05) is 23.1 Å². The van der Waals surface area contributed by atoms with Crippen molar-refractivity contribution in [2.24, 2.45) is 0 Å². The van der Waals surface area contributed by atoms with Gasteiger partial charge >= 0.3 is 0 Å². The number of likely N-dealkylation sites (tertiary alicyclic amines) is 1. The summed E-state index contributed by atoms with van der Waals surface area (Å²) in [6.45, 7) is 4.60. The van der Waals surface area contributed by atoms with Crippen LogP contribution in [0.5, 0.6) is 11.5 Å². The molecule has 0 aromatic heterocycles. The standard InChI is InChI=1S/C20H31N3O3/c1-20(8-4-5-9-21-20)19(24)23-10-6-15(7-11-23)22-16-12-17(25-2)14-18(13-16)26-3/h12-15,21-22H,4-11H2,1-3H3. The van der Waals surface area contributed by atoms with Gasteiger partial charge in [0.2, 0.25) is 5.91 Å². The highest BCUT2D eigenvalue weighted by molar-refractivity contribution is 5.86. The van der Waals surface area contributed by atoms with Gasteiger partial charge in [-0.3, -0.25) is 4.79 Å². The van der Waals surface area contributed by atoms with E-state index < -0.39 is 0 Å². The number of amides is 1. The number of methoxy groups -OCH3 is 2. The molecule has 0 radical (unpaired) electrons. The van der Waals surface area contributed by atoms with E-state index in [4.69, 9.17) is 9.47 Å². The van der Waals surface area contributed by atoms with E-state index in [0.29, 0.717) is 6.04 Å². The number of piperidine rings is 2. The quantitative estimate of drug-likeness (QED) is 0.844. The fourth-order valence-electron chi connectivity index (χ4n) is 3.94. The molecule has 2 aliphatic heterocycles. The van der Waals surface area contributed by atoms with Crippen LogP contribution in [0.3, 0.4) is 0 Å². The minimum atomic E-state index is -0.376. The molecule has 0 spiro atoms. The number of carbonyl (C=O) groups is 1. The summed E-state index contributed by atoms with van der Waals surface area (Å²) in [7, 11) is 3.31. The zero-order chi connectivity index (χ0) is 18.6. The summed E-state index contributed by atoms with van der Waals surface area (Å²) in [5.41, 5.74) is 0.616. The van der Waals surface area contributed by atoms with Gasteiger partial charge in [0.1, 0.15) is 11.5 Å². The van der Waals surface area contributed by atoms with Crippen molar-refractivity contribution >= 4 is 11.6 Å². The normalized spacial score (nSPS) is 24.2. The molecule has 0 aliphatic carbocycles. The van der Waals surface area contributed by atoms with Crippen LogP contribution in [0, 0.1) is 0 Å². The van der Waals surface area contributed by atoms with E-state index in [9.17, 15) is 4.79 Å². The summed E-state index contributed by atoms with van der Waals surface area (Å²) in [4.78, 5) is 14.9. The van der Waals surface area contributed by atoms with Gasteiger partial charge in [-0.1, -0.05) is 0 Å². The van der Waals surface area contributed by atoms with Gasteiger partial charge in [0.25, 0.3) is 0 Å². The maximum atomic E-state index is 12.9. The Labute approximate surface area is 156 Å². The van der Waals surface area contributed by atoms with Gasteiger partial charge in [0.15, 0.2) is 0 Å². The van der Waals surface area contributed by atoms with Crippen LogP contribution in [0.25, 0.3) is 0 Å². The predicted molar refractivity (Wildman–Crippen MR) is 103 cm³/mol. The smallest absolute Gasteiger partial charge is 0.242 e. The first-order chi connectivity index (χ1) is 12.5. The monoisotopic (exact) mass is 361 g/mol. The molecule has 1 amide bonds. The first-order valence-corrected chi connectivity index (χ1v) is 9.58. The van der Waals surface area contributed by atoms with E-state index in [2.05, 4.69) is 17.6 Å². The maximum Gasteiger partial charge on any atom is 0.242 e. The Morgan fingerprint density at radius 2 is 1.81 bits per heavy atom. The molecule has 2 heterocycles. The van der Waals surface area contributed by atoms with Gasteiger partial charge in [0.05, 0.1) is 19.8 Å². The molecule has 0 bridgehead atoms. The molecular formula is C20H31N3O3. The number of hydrogen-bond donors (Lipinski definition) is 2. The molecule has 144 valence electrons. The first kappa shape index (κ1) is 18.8. The van der Waals surface area contributed by atoms with E-state index in [1.54, 1.807) is 14.2 Å². The molecule has 0 saturated carbocycles. The minimum Gasteiger partial charge on any atom is -0.497 e. The topological polar surface area (TPSA) is 62.8 Å². The highest BCUT2D eigenvalue weighted by atomic mass is 16.5. The minimum absolute atomic E-state index is 0.263. The van der Waals surface area contributed by atoms with Gasteiger partial charge in [0, 0.05) is 43.0 Å². The fourth-order valence-corrected chi connectivity index (χ4v) is 3.94. The lowest BCUT2D eigenvalue weighted by Crippen LogP contribution is -2.59. The third-order valence-corrected chi connectivity index (χ3v) is 5.60. The molecule has 26 heavy (non-hydrogen) atoms. The molecule has 2 N–H and O–H groups in total. The van der Waals surface area contributed by atoms with Crippen LogP contribution in [-0.2, 0) is 4.79 Å². The molecule has 6 heteroatoms. The van der Waals surface area contributed by atoms with E-state index in [0.717, 1.165) is 62.5 Å². The highest BCUT2D eigenvalue weighted by Gasteiger charge is 2.38. The van der Waals surface area contributed by atoms with Crippen LogP contribution in [0.1, 0.15) is 39.0 Å². The van der Waals surface area contributed by atoms with E-state index in [1.165, 1.54) is 6.42 Å². The van der Waals surface area contributed by atoms with Crippen molar-refractivity contribution in [1.82, 2.24) is 10.2 Å². The second-order valence-corrected chi connectivity index (χ2v) is 7.53. The van der Waals surface area contributed by atoms with E-state index >= 15 is 0 Å². The van der Waals surface area contributed by atoms with Crippen LogP contribution in [-0.4, -0.2) is 56.2 Å². The number of rotatable bonds is 5. The summed E-state index contributed by atoms with van der Waals surface area (Å²) in [5.74, 6) is 1.81. The molecular weight excluding hydrogens is 330 g/mol. The van der Waals surface area contributed by atoms with E-state index in [-0.39, 0.29) is 11.4 Å². The SMILES string of the molecule is COc1cc(NC2CCN(C(=O)C3(C)CCCCN3)CC2)cc(OC)c1. The number of anilines is 1. The third-order valence-electron chi connectivity index (χ3n) is 5.60. The largest absolute Gasteiger partial charge is 0.497 e. The molecule has 3 rings (SSSR count). The summed E-state index contributed by atoms with van der Waals surface area (Å²) in [6, 6.07) is 6.17. The van der Waals surface area contributed by atoms with Crippen molar-refractivity contribution in [1.29, 1.82) is 0 Å². The van der Waals surface area contributed by atoms with Crippen molar-refractivity contribution in [3.05, 3.63) is 18.2 Å². The van der Waals surface area contributed by atoms with Crippen molar-refractivity contribution in [2.75, 3.05) is 39.2 Å². The Morgan fingerprint density at radius 1 is 1.15 bits per heavy atom. The van der Waals surface area contributed by atoms with Crippen molar-refractivity contribution in [3.63, 3.8) is 0 Å². The lowest BCUT2D eigenvalue weighted by Gasteiger charge is -2.41. The molecule has 2 fully saturated rings. The summed E-state index contributed by atoms with van der Waals surface area (Å²) in [5, 5.41) is 7.00. The zero-order valence-electron chi connectivity index (χ0n) is 16.1. The maximum absolute atomic E-state index is 12.9. The number of nitrogens with zero attached hydrogens (tertiary/aromatic N) is 1. The number of ether oxygens (including phenoxy) is 2. The average Bonchev–Trinajstić information content (AvgIpc) is 2.68. The Morgan fingerprint density at radius 3 is 2.35 bits per heavy atom. The molecule has 1 aromatic rings. The molecule has 2 aliphatic rings. The number of benzene rings is 1. The second kappa shape index (κ2) is 8.16. The van der Waals surface area contributed by atoms with Gasteiger partial charge in [-0.2, -0.15) is 0 Å². The van der Waals surface area contributed by atoms with Crippen molar-refractivity contribution < 1.29 is 14.3 Å². The molecule has 1 unspecified atom stereocenters. The Hall–Kier alpha value is -1.95. The molecule has 1 atom stereocenters. The van der Waals surface area contributed by atoms with Crippen LogP contribution >= 0.6 is 0 Å². The van der Waals surface area contributed by atoms with Gasteiger partial charge < -0.3 is 25.0 Å². The lowest BCUT2D eigenvalue weighted by molar-refractivity contribution is -0.139. The molecule has 1 aromatic carbocycles. The van der Waals surface area contributed by atoms with Gasteiger partial charge in [-0.15, -0.1) is 0 Å². The summed E-state index contributed by atoms with van der Waals surface area (Å²) in [6.07, 6.45) is 5.13. The second-order valence-electron chi connectivity index (χ2n) is 7.53. The van der Waals surface area contributed by atoms with Crippen LogP contribution in [0.2, 0.25) is 0 Å². The van der Waals surface area contributed by atoms with Crippen LogP contribution in [0.15, 0.2) is 18.2 Å². The molecule has 2 saturated heterocycles. The predicted octanol–water partition coefficient (Wildman–Crippen LogP) is 2.64. The Kier molecular flexibility index (Phi) is 5.91. The van der Waals surface area contributed by atoms with Gasteiger partial charge in [-0.05, 0) is 45.6 Å². The van der Waals surface area contributed by atoms with Crippen molar-refractivity contribution in [2.45, 2.75) is 50.6 Å². The van der Waals surface area contributed by atoms with Crippen molar-refractivity contribution in [3.8, 4) is 11.5 Å². The van der Waals surface area contributed by atoms with Crippen LogP contribution in [0.4, 0.5) is 5.69 Å².